The summed E-state index contributed by atoms with van der Waals surface area (Å²) in [5.74, 6) is 0. The summed E-state index contributed by atoms with van der Waals surface area (Å²) in [6.45, 7) is 12.5. The number of hydrogen-bond donors (Lipinski definition) is 0. The third-order valence-electron chi connectivity index (χ3n) is 3.21. The van der Waals surface area contributed by atoms with Crippen LogP contribution >= 0.6 is 0 Å². The lowest BCUT2D eigenvalue weighted by molar-refractivity contribution is 0.598. The Labute approximate surface area is 142 Å². The summed E-state index contributed by atoms with van der Waals surface area (Å²) < 4.78 is 16.8. The van der Waals surface area contributed by atoms with Gasteiger partial charge in [-0.2, -0.15) is 0 Å². The van der Waals surface area contributed by atoms with Crippen molar-refractivity contribution in [3.63, 3.8) is 0 Å². The first-order valence-electron chi connectivity index (χ1n) is 7.23. The van der Waals surface area contributed by atoms with E-state index in [1.807, 2.05) is 5.70 Å². The molecule has 2 atom stereocenters. The van der Waals surface area contributed by atoms with Crippen molar-refractivity contribution in [2.45, 2.75) is 26.2 Å². The van der Waals surface area contributed by atoms with E-state index in [-0.39, 0.29) is 0 Å². The molecule has 0 N–H and O–H groups in total. The Morgan fingerprint density at radius 3 is 2.14 bits per heavy atom. The lowest BCUT2D eigenvalue weighted by Gasteiger charge is -2.22. The highest BCUT2D eigenvalue weighted by atomic mass is 29.2. The largest absolute Gasteiger partial charge is 0.464 e. The highest BCUT2D eigenvalue weighted by Crippen LogP contribution is 2.01. The second-order valence-corrected chi connectivity index (χ2v) is 24.0. The molecule has 0 aliphatic carbocycles. The zero-order valence-electron chi connectivity index (χ0n) is 14.3. The summed E-state index contributed by atoms with van der Waals surface area (Å²) in [6.07, 6.45) is 0. The van der Waals surface area contributed by atoms with Crippen LogP contribution in [-0.4, -0.2) is 56.2 Å². The molecule has 0 aromatic heterocycles. The van der Waals surface area contributed by atoms with Crippen LogP contribution in [0.4, 0.5) is 0 Å². The van der Waals surface area contributed by atoms with Crippen molar-refractivity contribution < 1.29 is 12.3 Å². The van der Waals surface area contributed by atoms with Gasteiger partial charge >= 0.3 is 0 Å². The first-order valence-corrected chi connectivity index (χ1v) is 19.2. The Morgan fingerprint density at radius 1 is 1.19 bits per heavy atom. The van der Waals surface area contributed by atoms with Gasteiger partial charge in [0.25, 0.3) is 0 Å². The Kier molecular flexibility index (Phi) is 11.8. The topological polar surface area (TPSA) is 27.7 Å². The van der Waals surface area contributed by atoms with Crippen molar-refractivity contribution >= 4 is 61.4 Å². The molecule has 0 saturated heterocycles. The molecule has 9 heteroatoms. The first-order chi connectivity index (χ1) is 9.86. The Bertz CT molecular complexity index is 390. The van der Waals surface area contributed by atoms with Gasteiger partial charge in [-0.3, -0.25) is 0 Å². The molecule has 0 radical (unpaired) electrons. The summed E-state index contributed by atoms with van der Waals surface area (Å²) in [7, 11) is -2.04. The van der Waals surface area contributed by atoms with Gasteiger partial charge in [-0.05, 0) is 31.4 Å². The second kappa shape index (κ2) is 11.7. The van der Waals surface area contributed by atoms with E-state index in [0.717, 1.165) is 21.0 Å². The van der Waals surface area contributed by atoms with Crippen LogP contribution in [0.25, 0.3) is 0 Å². The summed E-state index contributed by atoms with van der Waals surface area (Å²) in [4.78, 5) is 0. The number of benzene rings is 1. The van der Waals surface area contributed by atoms with Crippen molar-refractivity contribution in [1.29, 1.82) is 0 Å². The molecule has 120 valence electrons. The van der Waals surface area contributed by atoms with Gasteiger partial charge < -0.3 is 12.3 Å². The van der Waals surface area contributed by atoms with E-state index in [4.69, 9.17) is 12.3 Å². The molecule has 0 fully saturated rings. The van der Waals surface area contributed by atoms with E-state index < -0.39 is 35.2 Å². The van der Waals surface area contributed by atoms with Gasteiger partial charge in [0.15, 0.2) is 35.2 Å². The molecule has 0 aliphatic rings. The maximum Gasteiger partial charge on any atom is 0.191 e. The SMILES string of the molecule is C=C[SiH](C)O[SiH3].C[SiH](O[SiH2][Si](C)(C)O[SiH3])c1ccccc1. The predicted molar refractivity (Wildman–Crippen MR) is 111 cm³/mol. The van der Waals surface area contributed by atoms with Gasteiger partial charge in [0.1, 0.15) is 21.0 Å². The van der Waals surface area contributed by atoms with Crippen LogP contribution in [0.2, 0.25) is 26.2 Å². The zero-order valence-corrected chi connectivity index (χ0v) is 23.0. The van der Waals surface area contributed by atoms with Gasteiger partial charge in [0.05, 0.1) is 0 Å². The fourth-order valence-electron chi connectivity index (χ4n) is 1.30. The molecular weight excluding hydrogens is 361 g/mol. The summed E-state index contributed by atoms with van der Waals surface area (Å²) in [6, 6.07) is 10.6. The Hall–Kier alpha value is 0.141. The van der Waals surface area contributed by atoms with Gasteiger partial charge in [0.2, 0.25) is 0 Å². The van der Waals surface area contributed by atoms with Crippen LogP contribution in [0.1, 0.15) is 0 Å². The normalized spacial score (nSPS) is 14.7. The minimum absolute atomic E-state index is 0.439. The fourth-order valence-corrected chi connectivity index (χ4v) is 13.6. The Morgan fingerprint density at radius 2 is 1.76 bits per heavy atom. The summed E-state index contributed by atoms with van der Waals surface area (Å²) >= 11 is 0. The molecule has 0 bridgehead atoms. The van der Waals surface area contributed by atoms with Crippen LogP contribution < -0.4 is 5.19 Å². The van der Waals surface area contributed by atoms with E-state index >= 15 is 0 Å². The molecule has 0 aliphatic heterocycles. The molecule has 21 heavy (non-hydrogen) atoms. The molecule has 0 saturated carbocycles. The third kappa shape index (κ3) is 10.5. The smallest absolute Gasteiger partial charge is 0.191 e. The average molecular weight is 391 g/mol. The summed E-state index contributed by atoms with van der Waals surface area (Å²) in [5, 5.41) is 1.41. The average Bonchev–Trinajstić information content (AvgIpc) is 2.53. The van der Waals surface area contributed by atoms with Crippen molar-refractivity contribution in [3.05, 3.63) is 42.6 Å². The van der Waals surface area contributed by atoms with Crippen molar-refractivity contribution in [1.82, 2.24) is 0 Å². The zero-order chi connectivity index (χ0) is 16.3. The minimum Gasteiger partial charge on any atom is -0.464 e. The van der Waals surface area contributed by atoms with Gasteiger partial charge in [-0.25, -0.2) is 0 Å². The van der Waals surface area contributed by atoms with Crippen molar-refractivity contribution in [3.8, 4) is 0 Å². The quantitative estimate of drug-likeness (QED) is 0.542. The van der Waals surface area contributed by atoms with E-state index in [1.54, 1.807) is 0 Å². The standard InChI is InChI=1S/C9H20O2Si4.C3H10OSi2/c1-14(9-7-5-4-6-8-9)11-13-15(2,3)10-12;1-3-6(2)4-5/h4-8,14H,13H2,1-3,12H3;3,6H,1H2,2,5H3. The number of hydrogen-bond acceptors (Lipinski definition) is 3. The first kappa shape index (κ1) is 21.1. The molecule has 0 amide bonds. The lowest BCUT2D eigenvalue weighted by atomic mass is 10.4. The Balaban J connectivity index is 0.000000567. The van der Waals surface area contributed by atoms with Crippen LogP contribution in [0.5, 0.6) is 0 Å². The van der Waals surface area contributed by atoms with Crippen molar-refractivity contribution in [2.24, 2.45) is 0 Å². The van der Waals surface area contributed by atoms with E-state index in [9.17, 15) is 0 Å². The van der Waals surface area contributed by atoms with Gasteiger partial charge in [-0.1, -0.05) is 36.0 Å². The summed E-state index contributed by atoms with van der Waals surface area (Å²) in [5.41, 5.74) is 1.92. The highest BCUT2D eigenvalue weighted by Gasteiger charge is 2.22. The molecule has 0 spiro atoms. The second-order valence-electron chi connectivity index (χ2n) is 5.50. The van der Waals surface area contributed by atoms with E-state index in [2.05, 4.69) is 63.1 Å². The highest BCUT2D eigenvalue weighted by molar-refractivity contribution is 7.19. The van der Waals surface area contributed by atoms with E-state index in [0.29, 0.717) is 0 Å². The fraction of sp³-hybridized carbons (Fsp3) is 0.333. The molecule has 1 aromatic carbocycles. The minimum atomic E-state index is -1.36. The van der Waals surface area contributed by atoms with Gasteiger partial charge in [0, 0.05) is 0 Å². The molecule has 0 heterocycles. The molecule has 1 aromatic rings. The van der Waals surface area contributed by atoms with Crippen LogP contribution in [0.3, 0.4) is 0 Å². The number of rotatable bonds is 7. The maximum atomic E-state index is 6.12. The van der Waals surface area contributed by atoms with Crippen molar-refractivity contribution in [2.75, 3.05) is 0 Å². The third-order valence-corrected chi connectivity index (χ3v) is 22.1. The maximum absolute atomic E-state index is 6.12. The molecule has 3 nitrogen and oxygen atoms in total. The lowest BCUT2D eigenvalue weighted by Crippen LogP contribution is -2.44. The van der Waals surface area contributed by atoms with Gasteiger partial charge in [-0.15, -0.1) is 6.58 Å². The monoisotopic (exact) mass is 390 g/mol. The van der Waals surface area contributed by atoms with Crippen LogP contribution in [-0.2, 0) is 12.3 Å². The molecule has 1 rings (SSSR count). The van der Waals surface area contributed by atoms with Crippen LogP contribution in [0, 0.1) is 0 Å². The van der Waals surface area contributed by atoms with E-state index in [1.165, 1.54) is 5.19 Å². The van der Waals surface area contributed by atoms with Crippen LogP contribution in [0.15, 0.2) is 42.6 Å². The molecule has 2 unspecified atom stereocenters. The molecular formula is C12H30O3Si6. The predicted octanol–water partition coefficient (Wildman–Crippen LogP) is -1.29.